The van der Waals surface area contributed by atoms with Crippen LogP contribution in [0.3, 0.4) is 0 Å². The fraction of sp³-hybridized carbons (Fsp3) is 1.00. The topological polar surface area (TPSA) is 30.5 Å². The lowest BCUT2D eigenvalue weighted by Gasteiger charge is -2.28. The number of rotatable bonds is 12. The van der Waals surface area contributed by atoms with Crippen molar-refractivity contribution in [2.45, 2.75) is 64.3 Å². The summed E-state index contributed by atoms with van der Waals surface area (Å²) in [6, 6.07) is 5.85. The Morgan fingerprint density at radius 1 is 0.895 bits per heavy atom. The average Bonchev–Trinajstić information content (AvgIpc) is 2.47. The van der Waals surface area contributed by atoms with Crippen LogP contribution in [0.5, 0.6) is 0 Å². The molecular formula is C14H35NO2Si2. The van der Waals surface area contributed by atoms with Gasteiger partial charge in [0.05, 0.1) is 8.07 Å². The maximum Gasteiger partial charge on any atom is 0.348 e. The van der Waals surface area contributed by atoms with Crippen LogP contribution in [0.4, 0.5) is 0 Å². The minimum atomic E-state index is -1.92. The Morgan fingerprint density at radius 3 is 1.84 bits per heavy atom. The molecule has 0 radical (unpaired) electrons. The molecule has 0 heterocycles. The summed E-state index contributed by atoms with van der Waals surface area (Å²) in [5.74, 6) is 0. The fourth-order valence-electron chi connectivity index (χ4n) is 2.57. The van der Waals surface area contributed by atoms with Crippen LogP contribution in [0.1, 0.15) is 33.6 Å². The third-order valence-corrected chi connectivity index (χ3v) is 13.4. The highest BCUT2D eigenvalue weighted by Gasteiger charge is 2.28. The van der Waals surface area contributed by atoms with Gasteiger partial charge in [0.1, 0.15) is 0 Å². The van der Waals surface area contributed by atoms with Crippen molar-refractivity contribution in [1.29, 1.82) is 0 Å². The van der Waals surface area contributed by atoms with Gasteiger partial charge in [0, 0.05) is 20.4 Å². The second kappa shape index (κ2) is 10.1. The molecule has 19 heavy (non-hydrogen) atoms. The molecule has 0 atom stereocenters. The van der Waals surface area contributed by atoms with Gasteiger partial charge in [-0.1, -0.05) is 51.4 Å². The molecular weight excluding hydrogens is 270 g/mol. The summed E-state index contributed by atoms with van der Waals surface area (Å²) in [6.07, 6.45) is 3.55. The van der Waals surface area contributed by atoms with E-state index >= 15 is 0 Å². The van der Waals surface area contributed by atoms with Crippen LogP contribution in [-0.4, -0.2) is 43.6 Å². The van der Waals surface area contributed by atoms with Gasteiger partial charge in [-0.05, 0) is 19.5 Å². The van der Waals surface area contributed by atoms with E-state index in [0.717, 1.165) is 12.7 Å². The van der Waals surface area contributed by atoms with Crippen LogP contribution in [0, 0.1) is 0 Å². The first kappa shape index (κ1) is 19.3. The van der Waals surface area contributed by atoms with Crippen LogP contribution in [0.15, 0.2) is 0 Å². The minimum Gasteiger partial charge on any atom is -0.397 e. The molecule has 0 aliphatic heterocycles. The number of hydrogen-bond donors (Lipinski definition) is 1. The molecule has 0 aromatic carbocycles. The summed E-state index contributed by atoms with van der Waals surface area (Å²) >= 11 is 0. The first-order valence-corrected chi connectivity index (χ1v) is 13.2. The summed E-state index contributed by atoms with van der Waals surface area (Å²) in [4.78, 5) is 0. The lowest BCUT2D eigenvalue weighted by Crippen LogP contribution is -2.47. The van der Waals surface area contributed by atoms with Gasteiger partial charge in [0.2, 0.25) is 0 Å². The SMILES string of the molecule is CC[Si](CC)(CC)CCCCNC[Si](C)(OC)OC. The van der Waals surface area contributed by atoms with Crippen LogP contribution in [0.2, 0.25) is 30.7 Å². The van der Waals surface area contributed by atoms with E-state index in [1.54, 1.807) is 14.2 Å². The Labute approximate surface area is 122 Å². The van der Waals surface area contributed by atoms with Crippen molar-refractivity contribution < 1.29 is 8.85 Å². The van der Waals surface area contributed by atoms with E-state index in [9.17, 15) is 0 Å². The fourth-order valence-corrected chi connectivity index (χ4v) is 7.22. The van der Waals surface area contributed by atoms with E-state index in [0.29, 0.717) is 0 Å². The highest BCUT2D eigenvalue weighted by molar-refractivity contribution is 6.79. The van der Waals surface area contributed by atoms with Crippen LogP contribution < -0.4 is 5.32 Å². The van der Waals surface area contributed by atoms with Crippen molar-refractivity contribution in [3.05, 3.63) is 0 Å². The molecule has 0 bridgehead atoms. The first-order valence-electron chi connectivity index (χ1n) is 7.82. The largest absolute Gasteiger partial charge is 0.397 e. The summed E-state index contributed by atoms with van der Waals surface area (Å²) in [7, 11) is 0.688. The van der Waals surface area contributed by atoms with Gasteiger partial charge in [0.15, 0.2) is 0 Å². The standard InChI is InChI=1S/C14H35NO2Si2/c1-7-19(8-2,9-3)13-11-10-12-15-14-18(6,16-4)17-5/h15H,7-14H2,1-6H3. The Morgan fingerprint density at radius 2 is 1.42 bits per heavy atom. The monoisotopic (exact) mass is 305 g/mol. The number of unbranched alkanes of at least 4 members (excludes halogenated alkanes) is 1. The highest BCUT2D eigenvalue weighted by atomic mass is 28.4. The summed E-state index contributed by atoms with van der Waals surface area (Å²) in [5.41, 5.74) is 0. The van der Waals surface area contributed by atoms with Crippen molar-refractivity contribution in [2.24, 2.45) is 0 Å². The smallest absolute Gasteiger partial charge is 0.348 e. The molecule has 0 rings (SSSR count). The zero-order valence-corrected chi connectivity index (χ0v) is 16.0. The van der Waals surface area contributed by atoms with Gasteiger partial charge in [-0.2, -0.15) is 0 Å². The third kappa shape index (κ3) is 7.04. The van der Waals surface area contributed by atoms with E-state index < -0.39 is 16.6 Å². The summed E-state index contributed by atoms with van der Waals surface area (Å²) in [6.45, 7) is 10.4. The molecule has 0 aromatic heterocycles. The lowest BCUT2D eigenvalue weighted by molar-refractivity contribution is 0.247. The first-order chi connectivity index (χ1) is 9.01. The van der Waals surface area contributed by atoms with Gasteiger partial charge >= 0.3 is 8.56 Å². The van der Waals surface area contributed by atoms with Crippen LogP contribution in [0.25, 0.3) is 0 Å². The molecule has 116 valence electrons. The molecule has 0 aliphatic carbocycles. The van der Waals surface area contributed by atoms with Gasteiger partial charge in [-0.15, -0.1) is 0 Å². The Hall–Kier alpha value is 0.314. The zero-order valence-electron chi connectivity index (χ0n) is 14.0. The van der Waals surface area contributed by atoms with Crippen LogP contribution in [-0.2, 0) is 8.85 Å². The van der Waals surface area contributed by atoms with E-state index in [-0.39, 0.29) is 0 Å². The lowest BCUT2D eigenvalue weighted by atomic mass is 10.3. The van der Waals surface area contributed by atoms with Crippen LogP contribution >= 0.6 is 0 Å². The predicted octanol–water partition coefficient (Wildman–Crippen LogP) is 3.77. The molecule has 0 aromatic rings. The van der Waals surface area contributed by atoms with Gasteiger partial charge in [-0.3, -0.25) is 0 Å². The van der Waals surface area contributed by atoms with E-state index in [1.165, 1.54) is 37.0 Å². The molecule has 0 amide bonds. The maximum atomic E-state index is 5.46. The molecule has 0 unspecified atom stereocenters. The van der Waals surface area contributed by atoms with Gasteiger partial charge in [-0.25, -0.2) is 0 Å². The summed E-state index contributed by atoms with van der Waals surface area (Å²) < 4.78 is 10.9. The zero-order chi connectivity index (χ0) is 14.8. The Kier molecular flexibility index (Phi) is 10.3. The van der Waals surface area contributed by atoms with Crippen molar-refractivity contribution in [1.82, 2.24) is 5.32 Å². The van der Waals surface area contributed by atoms with Crippen molar-refractivity contribution >= 4 is 16.6 Å². The predicted molar refractivity (Wildman–Crippen MR) is 89.7 cm³/mol. The van der Waals surface area contributed by atoms with E-state index in [4.69, 9.17) is 8.85 Å². The van der Waals surface area contributed by atoms with Gasteiger partial charge in [0.25, 0.3) is 0 Å². The summed E-state index contributed by atoms with van der Waals surface area (Å²) in [5, 5.41) is 3.50. The molecule has 3 nitrogen and oxygen atoms in total. The molecule has 0 fully saturated rings. The van der Waals surface area contributed by atoms with Crippen molar-refractivity contribution in [2.75, 3.05) is 26.9 Å². The third-order valence-electron chi connectivity index (χ3n) is 4.87. The van der Waals surface area contributed by atoms with Crippen molar-refractivity contribution in [3.63, 3.8) is 0 Å². The normalized spacial score (nSPS) is 12.9. The second-order valence-corrected chi connectivity index (χ2v) is 14.8. The molecule has 5 heteroatoms. The van der Waals surface area contributed by atoms with E-state index in [1.807, 2.05) is 0 Å². The Balaban J connectivity index is 3.76. The maximum absolute atomic E-state index is 5.46. The Bertz CT molecular complexity index is 211. The molecule has 0 aliphatic rings. The minimum absolute atomic E-state index is 0.887. The molecule has 0 saturated carbocycles. The van der Waals surface area contributed by atoms with Gasteiger partial charge < -0.3 is 14.2 Å². The number of hydrogen-bond acceptors (Lipinski definition) is 3. The molecule has 1 N–H and O–H groups in total. The average molecular weight is 306 g/mol. The molecule has 0 saturated heterocycles. The van der Waals surface area contributed by atoms with E-state index in [2.05, 4.69) is 32.6 Å². The second-order valence-electron chi connectivity index (χ2n) is 5.74. The number of nitrogens with one attached hydrogen (secondary N) is 1. The quantitative estimate of drug-likeness (QED) is 0.440. The van der Waals surface area contributed by atoms with Crippen molar-refractivity contribution in [3.8, 4) is 0 Å². The highest BCUT2D eigenvalue weighted by Crippen LogP contribution is 2.26. The molecule has 0 spiro atoms.